The number of amides is 2. The number of rotatable bonds is 6. The Balaban J connectivity index is 1.53. The molecular weight excluding hydrogens is 420 g/mol. The van der Waals surface area contributed by atoms with Crippen LogP contribution in [0.3, 0.4) is 0 Å². The Kier molecular flexibility index (Phi) is 6.60. The third-order valence-electron chi connectivity index (χ3n) is 6.16. The number of aryl methyl sites for hydroxylation is 1. The first-order valence-electron chi connectivity index (χ1n) is 11.4. The SMILES string of the molecule is CCN(CC)C(=O)CN1CCN(C(=O)c2cn(C)cc3c(=O)n(-c4ccccc4)nc2-3)CC1. The second kappa shape index (κ2) is 9.58. The average Bonchev–Trinajstić information content (AvgIpc) is 3.16. The van der Waals surface area contributed by atoms with Gasteiger partial charge < -0.3 is 14.4 Å². The summed E-state index contributed by atoms with van der Waals surface area (Å²) in [6.07, 6.45) is 3.43. The monoisotopic (exact) mass is 450 g/mol. The fourth-order valence-electron chi connectivity index (χ4n) is 4.28. The van der Waals surface area contributed by atoms with Crippen molar-refractivity contribution in [2.45, 2.75) is 13.8 Å². The van der Waals surface area contributed by atoms with E-state index in [9.17, 15) is 14.4 Å². The van der Waals surface area contributed by atoms with Crippen LogP contribution in [0.5, 0.6) is 0 Å². The smallest absolute Gasteiger partial charge is 0.282 e. The Bertz CT molecular complexity index is 1160. The molecule has 0 N–H and O–H groups in total. The maximum Gasteiger partial charge on any atom is 0.282 e. The number of fused-ring (bicyclic) bond motifs is 1. The second-order valence-corrected chi connectivity index (χ2v) is 8.29. The van der Waals surface area contributed by atoms with Gasteiger partial charge in [-0.3, -0.25) is 19.3 Å². The van der Waals surface area contributed by atoms with Crippen molar-refractivity contribution in [2.75, 3.05) is 45.8 Å². The summed E-state index contributed by atoms with van der Waals surface area (Å²) in [5.41, 5.74) is 1.64. The Morgan fingerprint density at radius 1 is 1.00 bits per heavy atom. The molecule has 0 bridgehead atoms. The van der Waals surface area contributed by atoms with E-state index < -0.39 is 0 Å². The van der Waals surface area contributed by atoms with Gasteiger partial charge in [0.15, 0.2) is 0 Å². The summed E-state index contributed by atoms with van der Waals surface area (Å²) >= 11 is 0. The minimum absolute atomic E-state index is 0.117. The molecule has 174 valence electrons. The van der Waals surface area contributed by atoms with Crippen molar-refractivity contribution in [1.29, 1.82) is 0 Å². The van der Waals surface area contributed by atoms with Gasteiger partial charge in [-0.1, -0.05) is 18.2 Å². The number of carbonyl (C=O) groups excluding carboxylic acids is 2. The normalized spacial score (nSPS) is 14.6. The molecule has 0 aliphatic carbocycles. The average molecular weight is 451 g/mol. The van der Waals surface area contributed by atoms with Crippen LogP contribution in [-0.4, -0.2) is 86.7 Å². The summed E-state index contributed by atoms with van der Waals surface area (Å²) in [5.74, 6) is -0.0328. The largest absolute Gasteiger partial charge is 0.356 e. The number of piperazine rings is 1. The Hall–Kier alpha value is -3.46. The third kappa shape index (κ3) is 4.54. The van der Waals surface area contributed by atoms with Crippen molar-refractivity contribution in [3.8, 4) is 16.9 Å². The minimum Gasteiger partial charge on any atom is -0.356 e. The molecule has 0 aromatic heterocycles. The van der Waals surface area contributed by atoms with Crippen LogP contribution in [0, 0.1) is 0 Å². The molecule has 2 amide bonds. The zero-order valence-electron chi connectivity index (χ0n) is 19.4. The van der Waals surface area contributed by atoms with E-state index in [0.717, 1.165) is 0 Å². The minimum atomic E-state index is -0.249. The molecule has 3 aliphatic rings. The van der Waals surface area contributed by atoms with Crippen molar-refractivity contribution >= 4 is 11.8 Å². The number of para-hydroxylation sites is 1. The fourth-order valence-corrected chi connectivity index (χ4v) is 4.28. The van der Waals surface area contributed by atoms with Gasteiger partial charge >= 0.3 is 0 Å². The maximum atomic E-state index is 13.4. The van der Waals surface area contributed by atoms with Crippen molar-refractivity contribution in [3.63, 3.8) is 0 Å². The van der Waals surface area contributed by atoms with Gasteiger partial charge in [-0.25, -0.2) is 0 Å². The topological polar surface area (TPSA) is 83.7 Å². The molecule has 0 radical (unpaired) electrons. The number of carbonyl (C=O) groups is 2. The molecular formula is C24H30N6O3. The summed E-state index contributed by atoms with van der Waals surface area (Å²) < 4.78 is 3.07. The first-order chi connectivity index (χ1) is 15.9. The van der Waals surface area contributed by atoms with Crippen molar-refractivity contribution in [2.24, 2.45) is 7.05 Å². The molecule has 1 aromatic rings. The lowest BCUT2D eigenvalue weighted by molar-refractivity contribution is -0.132. The summed E-state index contributed by atoms with van der Waals surface area (Å²) in [6, 6.07) is 9.19. The molecule has 33 heavy (non-hydrogen) atoms. The number of nitrogens with zero attached hydrogens (tertiary/aromatic N) is 6. The molecule has 0 saturated carbocycles. The van der Waals surface area contributed by atoms with Gasteiger partial charge in [-0.15, -0.1) is 0 Å². The molecule has 4 rings (SSSR count). The number of likely N-dealkylation sites (N-methyl/N-ethyl adjacent to an activating group) is 1. The highest BCUT2D eigenvalue weighted by molar-refractivity contribution is 6.00. The van der Waals surface area contributed by atoms with Crippen LogP contribution in [-0.2, 0) is 11.8 Å². The molecule has 1 aromatic carbocycles. The fraction of sp³-hybridized carbons (Fsp3) is 0.417. The van der Waals surface area contributed by atoms with Crippen LogP contribution in [0.2, 0.25) is 0 Å². The van der Waals surface area contributed by atoms with Crippen LogP contribution >= 0.6 is 0 Å². The van der Waals surface area contributed by atoms with Crippen LogP contribution in [0.4, 0.5) is 0 Å². The first-order valence-corrected chi connectivity index (χ1v) is 11.4. The molecule has 3 aliphatic heterocycles. The summed E-state index contributed by atoms with van der Waals surface area (Å²) in [4.78, 5) is 44.5. The molecule has 3 heterocycles. The highest BCUT2D eigenvalue weighted by Gasteiger charge is 2.29. The zero-order valence-corrected chi connectivity index (χ0v) is 19.4. The summed E-state index contributed by atoms with van der Waals surface area (Å²) in [7, 11) is 1.80. The molecule has 0 unspecified atom stereocenters. The highest BCUT2D eigenvalue weighted by atomic mass is 16.2. The molecule has 1 saturated heterocycles. The van der Waals surface area contributed by atoms with Crippen LogP contribution < -0.4 is 5.56 Å². The number of hydrogen-bond donors (Lipinski definition) is 0. The van der Waals surface area contributed by atoms with Gasteiger partial charge in [0.2, 0.25) is 5.91 Å². The zero-order chi connectivity index (χ0) is 23.5. The van der Waals surface area contributed by atoms with Crippen molar-refractivity contribution in [3.05, 3.63) is 58.6 Å². The van der Waals surface area contributed by atoms with Gasteiger partial charge in [0.05, 0.1) is 23.4 Å². The van der Waals surface area contributed by atoms with Gasteiger partial charge in [0.25, 0.3) is 11.5 Å². The first kappa shape index (κ1) is 22.7. The van der Waals surface area contributed by atoms with E-state index in [1.54, 1.807) is 28.9 Å². The quantitative estimate of drug-likeness (QED) is 0.565. The lowest BCUT2D eigenvalue weighted by Crippen LogP contribution is -2.51. The van der Waals surface area contributed by atoms with Gasteiger partial charge in [0.1, 0.15) is 5.69 Å². The van der Waals surface area contributed by atoms with Crippen LogP contribution in [0.25, 0.3) is 16.9 Å². The molecule has 9 nitrogen and oxygen atoms in total. The van der Waals surface area contributed by atoms with Crippen LogP contribution in [0.15, 0.2) is 47.5 Å². The van der Waals surface area contributed by atoms with E-state index >= 15 is 0 Å². The Morgan fingerprint density at radius 3 is 2.30 bits per heavy atom. The predicted molar refractivity (Wildman–Crippen MR) is 126 cm³/mol. The number of aromatic nitrogens is 3. The van der Waals surface area contributed by atoms with E-state index in [1.165, 1.54) is 4.68 Å². The van der Waals surface area contributed by atoms with Crippen LogP contribution in [0.1, 0.15) is 24.2 Å². The molecule has 1 fully saturated rings. The van der Waals surface area contributed by atoms with E-state index in [-0.39, 0.29) is 17.4 Å². The lowest BCUT2D eigenvalue weighted by atomic mass is 10.1. The summed E-state index contributed by atoms with van der Waals surface area (Å²) in [6.45, 7) is 8.03. The van der Waals surface area contributed by atoms with E-state index in [0.29, 0.717) is 68.3 Å². The standard InChI is InChI=1S/C24H30N6O3/c1-4-28(5-2)21(31)17-27-11-13-29(14-12-27)23(32)19-15-26(3)16-20-22(19)25-30(24(20)33)18-9-7-6-8-10-18/h6-10,15-16H,4-5,11-14,17H2,1-3H3. The highest BCUT2D eigenvalue weighted by Crippen LogP contribution is 2.23. The Morgan fingerprint density at radius 2 is 1.67 bits per heavy atom. The van der Waals surface area contributed by atoms with Crippen molar-refractivity contribution < 1.29 is 9.59 Å². The van der Waals surface area contributed by atoms with E-state index in [1.807, 2.05) is 49.1 Å². The van der Waals surface area contributed by atoms with Gasteiger partial charge in [-0.2, -0.15) is 9.78 Å². The lowest BCUT2D eigenvalue weighted by Gasteiger charge is -2.35. The third-order valence-corrected chi connectivity index (χ3v) is 6.16. The predicted octanol–water partition coefficient (Wildman–Crippen LogP) is 1.30. The molecule has 9 heteroatoms. The van der Waals surface area contributed by atoms with Crippen molar-refractivity contribution in [1.82, 2.24) is 29.0 Å². The van der Waals surface area contributed by atoms with Gasteiger partial charge in [-0.05, 0) is 26.0 Å². The summed E-state index contributed by atoms with van der Waals surface area (Å²) in [5, 5.41) is 4.51. The second-order valence-electron chi connectivity index (χ2n) is 8.29. The number of benzene rings is 1. The number of pyridine rings is 1. The maximum absolute atomic E-state index is 13.4. The number of hydrogen-bond acceptors (Lipinski definition) is 5. The van der Waals surface area contributed by atoms with Gasteiger partial charge in [0, 0.05) is 58.7 Å². The van der Waals surface area contributed by atoms with E-state index in [2.05, 4.69) is 10.00 Å². The Labute approximate surface area is 193 Å². The molecule has 0 spiro atoms. The molecule has 0 atom stereocenters. The van der Waals surface area contributed by atoms with E-state index in [4.69, 9.17) is 0 Å².